The molecule has 1 heterocycles. The van der Waals surface area contributed by atoms with Gasteiger partial charge in [-0.1, -0.05) is 23.7 Å². The second-order valence-corrected chi connectivity index (χ2v) is 8.23. The van der Waals surface area contributed by atoms with Crippen LogP contribution in [-0.2, 0) is 12.8 Å². The summed E-state index contributed by atoms with van der Waals surface area (Å²) in [5.74, 6) is -1.56. The zero-order valence-electron chi connectivity index (χ0n) is 17.6. The predicted molar refractivity (Wildman–Crippen MR) is 119 cm³/mol. The van der Waals surface area contributed by atoms with Crippen LogP contribution in [0.15, 0.2) is 54.7 Å². The van der Waals surface area contributed by atoms with Crippen LogP contribution < -0.4 is 4.74 Å². The lowest BCUT2D eigenvalue weighted by Gasteiger charge is -2.16. The molecular weight excluding hydrogens is 474 g/mol. The molecule has 3 aromatic rings. The SMILES string of the molecule is O=C(O)c1cc(C2=C(c3cc(Cl)ccc3OCc3ccc(F)cc3)CCC2)cnc1C(F)(F)F. The fraction of sp³-hybridized carbons (Fsp3) is 0.200. The van der Waals surface area contributed by atoms with Crippen LogP contribution in [0.1, 0.15) is 52.0 Å². The van der Waals surface area contributed by atoms with E-state index in [-0.39, 0.29) is 12.4 Å². The molecule has 1 N–H and O–H groups in total. The highest BCUT2D eigenvalue weighted by Gasteiger charge is 2.38. The van der Waals surface area contributed by atoms with Gasteiger partial charge in [-0.2, -0.15) is 13.2 Å². The molecule has 1 aliphatic carbocycles. The van der Waals surface area contributed by atoms with Crippen molar-refractivity contribution < 1.29 is 32.2 Å². The third-order valence-electron chi connectivity index (χ3n) is 5.53. The summed E-state index contributed by atoms with van der Waals surface area (Å²) in [6, 6.07) is 11.9. The highest BCUT2D eigenvalue weighted by molar-refractivity contribution is 6.30. The van der Waals surface area contributed by atoms with Crippen LogP contribution in [-0.4, -0.2) is 16.1 Å². The number of benzene rings is 2. The van der Waals surface area contributed by atoms with E-state index in [4.69, 9.17) is 16.3 Å². The van der Waals surface area contributed by atoms with Crippen molar-refractivity contribution in [3.05, 3.63) is 93.5 Å². The number of allylic oxidation sites excluding steroid dienone is 2. The molecule has 0 atom stereocenters. The number of halogens is 5. The summed E-state index contributed by atoms with van der Waals surface area (Å²) in [5, 5.41) is 9.78. The van der Waals surface area contributed by atoms with Crippen molar-refractivity contribution in [2.45, 2.75) is 32.0 Å². The third-order valence-corrected chi connectivity index (χ3v) is 5.76. The number of aromatic carboxylic acids is 1. The lowest BCUT2D eigenvalue weighted by atomic mass is 9.96. The number of nitrogens with zero attached hydrogens (tertiary/aromatic N) is 1. The average molecular weight is 492 g/mol. The van der Waals surface area contributed by atoms with Crippen LogP contribution in [0.25, 0.3) is 11.1 Å². The molecule has 1 aliphatic rings. The van der Waals surface area contributed by atoms with Gasteiger partial charge in [0, 0.05) is 16.8 Å². The van der Waals surface area contributed by atoms with E-state index in [9.17, 15) is 27.5 Å². The maximum atomic E-state index is 13.2. The van der Waals surface area contributed by atoms with Crippen molar-refractivity contribution in [1.82, 2.24) is 4.98 Å². The van der Waals surface area contributed by atoms with Crippen LogP contribution >= 0.6 is 11.6 Å². The Morgan fingerprint density at radius 1 is 1.06 bits per heavy atom. The minimum Gasteiger partial charge on any atom is -0.488 e. The number of hydrogen-bond acceptors (Lipinski definition) is 3. The molecule has 0 amide bonds. The van der Waals surface area contributed by atoms with Gasteiger partial charge < -0.3 is 9.84 Å². The zero-order valence-corrected chi connectivity index (χ0v) is 18.4. The van der Waals surface area contributed by atoms with Gasteiger partial charge >= 0.3 is 12.1 Å². The van der Waals surface area contributed by atoms with E-state index < -0.39 is 23.4 Å². The summed E-state index contributed by atoms with van der Waals surface area (Å²) in [6.45, 7) is 0.169. The van der Waals surface area contributed by atoms with E-state index in [1.165, 1.54) is 12.1 Å². The van der Waals surface area contributed by atoms with Crippen molar-refractivity contribution in [3.63, 3.8) is 0 Å². The van der Waals surface area contributed by atoms with Gasteiger partial charge in [-0.25, -0.2) is 9.18 Å². The molecule has 1 aromatic heterocycles. The number of carboxylic acid groups (broad SMARTS) is 1. The number of alkyl halides is 3. The van der Waals surface area contributed by atoms with E-state index in [0.29, 0.717) is 40.3 Å². The first-order valence-electron chi connectivity index (χ1n) is 10.3. The molecule has 0 saturated carbocycles. The first-order valence-corrected chi connectivity index (χ1v) is 10.7. The highest BCUT2D eigenvalue weighted by Crippen LogP contribution is 2.44. The number of ether oxygens (including phenoxy) is 1. The largest absolute Gasteiger partial charge is 0.488 e. The fourth-order valence-corrected chi connectivity index (χ4v) is 4.16. The molecule has 2 aromatic carbocycles. The van der Waals surface area contributed by atoms with Crippen molar-refractivity contribution in [2.24, 2.45) is 0 Å². The molecule has 0 unspecified atom stereocenters. The van der Waals surface area contributed by atoms with Gasteiger partial charge in [0.25, 0.3) is 0 Å². The van der Waals surface area contributed by atoms with Gasteiger partial charge in [0.05, 0.1) is 5.56 Å². The minimum absolute atomic E-state index is 0.169. The van der Waals surface area contributed by atoms with Gasteiger partial charge in [-0.3, -0.25) is 4.98 Å². The Morgan fingerprint density at radius 3 is 2.44 bits per heavy atom. The molecule has 0 spiro atoms. The monoisotopic (exact) mass is 491 g/mol. The number of aromatic nitrogens is 1. The lowest BCUT2D eigenvalue weighted by Crippen LogP contribution is -2.15. The maximum absolute atomic E-state index is 13.2. The van der Waals surface area contributed by atoms with Crippen molar-refractivity contribution in [2.75, 3.05) is 0 Å². The molecule has 4 nitrogen and oxygen atoms in total. The summed E-state index contributed by atoms with van der Waals surface area (Å²) in [6.07, 6.45) is -1.97. The van der Waals surface area contributed by atoms with Crippen LogP contribution in [0, 0.1) is 5.82 Å². The molecule has 0 aliphatic heterocycles. The average Bonchev–Trinajstić information content (AvgIpc) is 3.28. The number of carboxylic acids is 1. The number of rotatable bonds is 6. The van der Waals surface area contributed by atoms with Crippen molar-refractivity contribution in [3.8, 4) is 5.75 Å². The Hall–Kier alpha value is -3.39. The van der Waals surface area contributed by atoms with E-state index in [0.717, 1.165) is 29.8 Å². The molecule has 34 heavy (non-hydrogen) atoms. The molecule has 4 rings (SSSR count). The quantitative estimate of drug-likeness (QED) is 0.368. The highest BCUT2D eigenvalue weighted by atomic mass is 35.5. The topological polar surface area (TPSA) is 59.4 Å². The van der Waals surface area contributed by atoms with Gasteiger partial charge in [-0.05, 0) is 77.9 Å². The van der Waals surface area contributed by atoms with E-state index in [1.54, 1.807) is 30.3 Å². The lowest BCUT2D eigenvalue weighted by molar-refractivity contribution is -0.141. The van der Waals surface area contributed by atoms with Crippen LogP contribution in [0.2, 0.25) is 5.02 Å². The predicted octanol–water partition coefficient (Wildman–Crippen LogP) is 7.26. The number of hydrogen-bond donors (Lipinski definition) is 1. The fourth-order valence-electron chi connectivity index (χ4n) is 3.98. The molecular formula is C25H18ClF4NO3. The smallest absolute Gasteiger partial charge is 0.434 e. The first-order chi connectivity index (χ1) is 16.1. The van der Waals surface area contributed by atoms with Crippen molar-refractivity contribution in [1.29, 1.82) is 0 Å². The van der Waals surface area contributed by atoms with Gasteiger partial charge in [0.2, 0.25) is 0 Å². The van der Waals surface area contributed by atoms with Gasteiger partial charge in [0.15, 0.2) is 5.69 Å². The second-order valence-electron chi connectivity index (χ2n) is 7.79. The molecule has 0 radical (unpaired) electrons. The van der Waals surface area contributed by atoms with Crippen LogP contribution in [0.4, 0.5) is 17.6 Å². The third kappa shape index (κ3) is 5.07. The van der Waals surface area contributed by atoms with Gasteiger partial charge in [-0.15, -0.1) is 0 Å². The first kappa shape index (κ1) is 23.8. The Balaban J connectivity index is 1.74. The minimum atomic E-state index is -4.88. The summed E-state index contributed by atoms with van der Waals surface area (Å²) >= 11 is 6.23. The normalized spacial score (nSPS) is 13.9. The van der Waals surface area contributed by atoms with E-state index in [1.807, 2.05) is 0 Å². The molecule has 176 valence electrons. The Morgan fingerprint density at radius 2 is 1.76 bits per heavy atom. The van der Waals surface area contributed by atoms with Gasteiger partial charge in [0.1, 0.15) is 18.2 Å². The summed E-state index contributed by atoms with van der Waals surface area (Å²) in [5.41, 5.74) is 0.881. The molecule has 0 saturated heterocycles. The van der Waals surface area contributed by atoms with E-state index in [2.05, 4.69) is 4.98 Å². The molecule has 0 bridgehead atoms. The Kier molecular flexibility index (Phi) is 6.61. The van der Waals surface area contributed by atoms with Crippen molar-refractivity contribution >= 4 is 28.7 Å². The van der Waals surface area contributed by atoms with Crippen LogP contribution in [0.3, 0.4) is 0 Å². The summed E-state index contributed by atoms with van der Waals surface area (Å²) < 4.78 is 58.8. The van der Waals surface area contributed by atoms with Crippen LogP contribution in [0.5, 0.6) is 5.75 Å². The number of carbonyl (C=O) groups is 1. The second kappa shape index (κ2) is 9.46. The Bertz CT molecular complexity index is 1270. The van der Waals surface area contributed by atoms with E-state index >= 15 is 0 Å². The summed E-state index contributed by atoms with van der Waals surface area (Å²) in [7, 11) is 0. The Labute approximate surface area is 197 Å². The zero-order chi connectivity index (χ0) is 24.5. The summed E-state index contributed by atoms with van der Waals surface area (Å²) in [4.78, 5) is 14.9. The molecule has 9 heteroatoms. The maximum Gasteiger partial charge on any atom is 0.434 e. The standard InChI is InChI=1S/C25H18ClF4NO3/c26-16-6-9-22(34-13-14-4-7-17(27)8-5-14)20(11-16)19-3-1-2-18(19)15-10-21(24(32)33)23(31-12-15)25(28,29)30/h4-12H,1-3,13H2,(H,32,33). The number of pyridine rings is 1. The molecule has 0 fully saturated rings.